The summed E-state index contributed by atoms with van der Waals surface area (Å²) in [5.74, 6) is -0.594. The molecule has 0 saturated heterocycles. The average molecular weight is 271 g/mol. The van der Waals surface area contributed by atoms with E-state index in [1.54, 1.807) is 23.9 Å². The monoisotopic (exact) mass is 271 g/mol. The summed E-state index contributed by atoms with van der Waals surface area (Å²) in [7, 11) is 0. The normalized spacial score (nSPS) is 14.0. The molecule has 0 aliphatic carbocycles. The number of aliphatic hydroxyl groups is 1. The fourth-order valence-electron chi connectivity index (χ4n) is 1.48. The topological polar surface area (TPSA) is 49.3 Å². The largest absolute Gasteiger partial charge is 0.386 e. The second-order valence-corrected chi connectivity index (χ2v) is 5.37. The first-order chi connectivity index (χ1) is 8.54. The Hall–Kier alpha value is -1.07. The van der Waals surface area contributed by atoms with Crippen molar-refractivity contribution >= 4 is 17.7 Å². The molecule has 0 spiro atoms. The van der Waals surface area contributed by atoms with E-state index in [-0.39, 0.29) is 23.3 Å². The van der Waals surface area contributed by atoms with Crippen molar-refractivity contribution in [2.75, 3.05) is 12.8 Å². The molecule has 1 aromatic carbocycles. The van der Waals surface area contributed by atoms with E-state index in [0.717, 1.165) is 0 Å². The van der Waals surface area contributed by atoms with E-state index in [2.05, 4.69) is 5.32 Å². The molecular weight excluding hydrogens is 253 g/mol. The molecule has 0 fully saturated rings. The molecule has 1 amide bonds. The zero-order chi connectivity index (χ0) is 13.5. The van der Waals surface area contributed by atoms with E-state index in [9.17, 15) is 14.3 Å². The van der Waals surface area contributed by atoms with Crippen molar-refractivity contribution in [3.63, 3.8) is 0 Å². The Balaban J connectivity index is 2.44. The quantitative estimate of drug-likeness (QED) is 0.833. The molecule has 2 atom stereocenters. The average Bonchev–Trinajstić information content (AvgIpc) is 2.36. The highest BCUT2D eigenvalue weighted by atomic mass is 32.2. The molecule has 0 radical (unpaired) electrons. The zero-order valence-corrected chi connectivity index (χ0v) is 11.3. The van der Waals surface area contributed by atoms with Crippen LogP contribution in [0.3, 0.4) is 0 Å². The molecule has 0 heterocycles. The Morgan fingerprint density at radius 3 is 2.78 bits per heavy atom. The number of aliphatic hydroxyl groups excluding tert-OH is 1. The van der Waals surface area contributed by atoms with Crippen LogP contribution in [0.1, 0.15) is 25.0 Å². The van der Waals surface area contributed by atoms with Crippen LogP contribution in [0.2, 0.25) is 0 Å². The molecule has 100 valence electrons. The third-order valence-electron chi connectivity index (χ3n) is 2.63. The van der Waals surface area contributed by atoms with Crippen LogP contribution in [0.15, 0.2) is 24.3 Å². The number of halogens is 1. The van der Waals surface area contributed by atoms with Crippen molar-refractivity contribution in [2.24, 2.45) is 0 Å². The van der Waals surface area contributed by atoms with Crippen molar-refractivity contribution in [1.82, 2.24) is 5.32 Å². The van der Waals surface area contributed by atoms with Crippen LogP contribution in [0.25, 0.3) is 0 Å². The van der Waals surface area contributed by atoms with Crippen molar-refractivity contribution in [2.45, 2.75) is 24.7 Å². The number of hydrogen-bond acceptors (Lipinski definition) is 3. The number of hydrogen-bond donors (Lipinski definition) is 2. The van der Waals surface area contributed by atoms with Crippen LogP contribution in [0.4, 0.5) is 4.39 Å². The Morgan fingerprint density at radius 2 is 2.17 bits per heavy atom. The van der Waals surface area contributed by atoms with Gasteiger partial charge in [0.05, 0.1) is 6.10 Å². The maximum atomic E-state index is 13.4. The van der Waals surface area contributed by atoms with Gasteiger partial charge in [-0.2, -0.15) is 11.8 Å². The Bertz CT molecular complexity index is 400. The molecule has 3 nitrogen and oxygen atoms in total. The highest BCUT2D eigenvalue weighted by molar-refractivity contribution is 7.99. The maximum Gasteiger partial charge on any atom is 0.221 e. The van der Waals surface area contributed by atoms with E-state index < -0.39 is 11.9 Å². The molecule has 0 bridgehead atoms. The van der Waals surface area contributed by atoms with Gasteiger partial charge in [-0.15, -0.1) is 0 Å². The fraction of sp³-hybridized carbons (Fsp3) is 0.462. The molecule has 0 aliphatic rings. The van der Waals surface area contributed by atoms with Gasteiger partial charge in [0.15, 0.2) is 0 Å². The summed E-state index contributed by atoms with van der Waals surface area (Å²) in [6.07, 6.45) is 1.32. The number of rotatable bonds is 6. The van der Waals surface area contributed by atoms with Gasteiger partial charge in [0.2, 0.25) is 5.91 Å². The van der Waals surface area contributed by atoms with Crippen LogP contribution in [0, 0.1) is 5.82 Å². The predicted octanol–water partition coefficient (Wildman–Crippen LogP) is 2.12. The molecule has 1 rings (SSSR count). The van der Waals surface area contributed by atoms with Crippen molar-refractivity contribution in [3.05, 3.63) is 35.6 Å². The van der Waals surface area contributed by atoms with Gasteiger partial charge in [-0.25, -0.2) is 4.39 Å². The maximum absolute atomic E-state index is 13.4. The molecule has 0 aromatic heterocycles. The molecule has 2 unspecified atom stereocenters. The Morgan fingerprint density at radius 1 is 1.50 bits per heavy atom. The molecule has 18 heavy (non-hydrogen) atoms. The van der Waals surface area contributed by atoms with Gasteiger partial charge in [0, 0.05) is 23.8 Å². The van der Waals surface area contributed by atoms with E-state index in [1.165, 1.54) is 12.1 Å². The smallest absolute Gasteiger partial charge is 0.221 e. The summed E-state index contributed by atoms with van der Waals surface area (Å²) < 4.78 is 13.4. The van der Waals surface area contributed by atoms with E-state index in [0.29, 0.717) is 6.42 Å². The van der Waals surface area contributed by atoms with Crippen LogP contribution >= 0.6 is 11.8 Å². The van der Waals surface area contributed by atoms with Gasteiger partial charge in [-0.3, -0.25) is 4.79 Å². The SMILES string of the molecule is CSC(C)CC(=O)NCC(O)c1ccccc1F. The summed E-state index contributed by atoms with van der Waals surface area (Å²) in [5.41, 5.74) is 0.204. The van der Waals surface area contributed by atoms with Crippen molar-refractivity contribution < 1.29 is 14.3 Å². The van der Waals surface area contributed by atoms with Gasteiger partial charge in [0.1, 0.15) is 5.82 Å². The van der Waals surface area contributed by atoms with Crippen LogP contribution < -0.4 is 5.32 Å². The third kappa shape index (κ3) is 4.66. The minimum Gasteiger partial charge on any atom is -0.386 e. The number of nitrogens with one attached hydrogen (secondary N) is 1. The zero-order valence-electron chi connectivity index (χ0n) is 10.5. The molecule has 2 N–H and O–H groups in total. The molecule has 5 heteroatoms. The lowest BCUT2D eigenvalue weighted by Gasteiger charge is -2.14. The summed E-state index contributed by atoms with van der Waals surface area (Å²) >= 11 is 1.60. The number of amides is 1. The van der Waals surface area contributed by atoms with Gasteiger partial charge in [-0.05, 0) is 12.3 Å². The fourth-order valence-corrected chi connectivity index (χ4v) is 1.80. The number of benzene rings is 1. The molecule has 1 aromatic rings. The second kappa shape index (κ2) is 7.38. The summed E-state index contributed by atoms with van der Waals surface area (Å²) in [4.78, 5) is 11.5. The number of thioether (sulfide) groups is 1. The Labute approximate surface area is 111 Å². The minimum absolute atomic E-state index is 0.0286. The lowest BCUT2D eigenvalue weighted by Crippen LogP contribution is -2.30. The van der Waals surface area contributed by atoms with Gasteiger partial charge < -0.3 is 10.4 Å². The molecule has 0 saturated carbocycles. The summed E-state index contributed by atoms with van der Waals surface area (Å²) in [6.45, 7) is 1.98. The van der Waals surface area contributed by atoms with Crippen molar-refractivity contribution in [3.8, 4) is 0 Å². The number of carbonyl (C=O) groups excluding carboxylic acids is 1. The second-order valence-electron chi connectivity index (χ2n) is 4.09. The first-order valence-corrected chi connectivity index (χ1v) is 7.05. The van der Waals surface area contributed by atoms with E-state index in [1.807, 2.05) is 13.2 Å². The van der Waals surface area contributed by atoms with E-state index in [4.69, 9.17) is 0 Å². The lowest BCUT2D eigenvalue weighted by molar-refractivity contribution is -0.121. The lowest BCUT2D eigenvalue weighted by atomic mass is 10.1. The highest BCUT2D eigenvalue weighted by Gasteiger charge is 2.14. The predicted molar refractivity (Wildman–Crippen MR) is 72.0 cm³/mol. The first-order valence-electron chi connectivity index (χ1n) is 5.76. The van der Waals surface area contributed by atoms with Crippen LogP contribution in [0.5, 0.6) is 0 Å². The Kier molecular flexibility index (Phi) is 6.15. The van der Waals surface area contributed by atoms with E-state index >= 15 is 0 Å². The summed E-state index contributed by atoms with van der Waals surface area (Å²) in [5, 5.41) is 12.6. The van der Waals surface area contributed by atoms with Gasteiger partial charge in [0.25, 0.3) is 0 Å². The van der Waals surface area contributed by atoms with Crippen molar-refractivity contribution in [1.29, 1.82) is 0 Å². The molecular formula is C13H18FNO2S. The van der Waals surface area contributed by atoms with Gasteiger partial charge in [-0.1, -0.05) is 25.1 Å². The summed E-state index contributed by atoms with van der Waals surface area (Å²) in [6, 6.07) is 6.01. The van der Waals surface area contributed by atoms with Crippen LogP contribution in [-0.4, -0.2) is 29.1 Å². The minimum atomic E-state index is -1.01. The number of carbonyl (C=O) groups is 1. The van der Waals surface area contributed by atoms with Crippen LogP contribution in [-0.2, 0) is 4.79 Å². The molecule has 0 aliphatic heterocycles. The third-order valence-corrected chi connectivity index (χ3v) is 3.60. The van der Waals surface area contributed by atoms with Gasteiger partial charge >= 0.3 is 0 Å². The standard InChI is InChI=1S/C13H18FNO2S/c1-9(18-2)7-13(17)15-8-12(16)10-5-3-4-6-11(10)14/h3-6,9,12,16H,7-8H2,1-2H3,(H,15,17). The first kappa shape index (κ1) is 15.0. The highest BCUT2D eigenvalue weighted by Crippen LogP contribution is 2.16.